The minimum atomic E-state index is -0.279. The number of hydrogen-bond donors (Lipinski definition) is 2. The quantitative estimate of drug-likeness (QED) is 0.500. The van der Waals surface area contributed by atoms with Gasteiger partial charge in [0.25, 0.3) is 5.91 Å². The van der Waals surface area contributed by atoms with E-state index in [-0.39, 0.29) is 11.7 Å². The zero-order valence-electron chi connectivity index (χ0n) is 18.1. The van der Waals surface area contributed by atoms with Crippen LogP contribution in [-0.2, 0) is 17.6 Å². The van der Waals surface area contributed by atoms with Crippen LogP contribution in [0.3, 0.4) is 0 Å². The molecule has 0 saturated heterocycles. The number of anilines is 1. The Morgan fingerprint density at radius 1 is 1.00 bits per heavy atom. The number of fused-ring (bicyclic) bond motifs is 1. The average Bonchev–Trinajstić information content (AvgIpc) is 2.83. The number of benzene rings is 3. The molecule has 0 saturated carbocycles. The fraction of sp³-hybridized carbons (Fsp3) is 0.192. The van der Waals surface area contributed by atoms with Crippen molar-refractivity contribution in [3.63, 3.8) is 0 Å². The molecule has 0 bridgehead atoms. The molecule has 32 heavy (non-hydrogen) atoms. The number of amides is 1. The van der Waals surface area contributed by atoms with Crippen LogP contribution in [-0.4, -0.2) is 31.0 Å². The molecule has 1 aliphatic heterocycles. The first-order chi connectivity index (χ1) is 15.6. The zero-order valence-corrected chi connectivity index (χ0v) is 18.9. The van der Waals surface area contributed by atoms with Crippen LogP contribution >= 0.6 is 11.8 Å². The first-order valence-electron chi connectivity index (χ1n) is 10.3. The molecule has 3 aromatic rings. The number of ether oxygens (including phenoxy) is 2. The zero-order chi connectivity index (χ0) is 22.5. The molecule has 0 spiro atoms. The van der Waals surface area contributed by atoms with Crippen molar-refractivity contribution in [1.29, 1.82) is 0 Å². The van der Waals surface area contributed by atoms with E-state index in [1.165, 1.54) is 0 Å². The van der Waals surface area contributed by atoms with E-state index < -0.39 is 0 Å². The van der Waals surface area contributed by atoms with Crippen LogP contribution in [0.5, 0.6) is 11.5 Å². The standard InChI is InChI=1S/C26H25NO4S/c1-30-20-13-14-23(31-2)18(15-20)10-7-17-8-11-19(12-9-17)27-26(29)22-16-32-24-6-4-3-5-21(24)25(22)28/h3-6,8-9,11-15,28H,7,10,16H2,1-2H3,(H,27,29). The molecular weight excluding hydrogens is 422 g/mol. The lowest BCUT2D eigenvalue weighted by Crippen LogP contribution is -2.19. The molecule has 0 fully saturated rings. The predicted octanol–water partition coefficient (Wildman–Crippen LogP) is 5.50. The molecule has 1 aliphatic rings. The molecular formula is C26H25NO4S. The molecule has 0 unspecified atom stereocenters. The molecule has 2 N–H and O–H groups in total. The van der Waals surface area contributed by atoms with E-state index in [9.17, 15) is 9.90 Å². The van der Waals surface area contributed by atoms with E-state index in [2.05, 4.69) is 5.32 Å². The van der Waals surface area contributed by atoms with Crippen molar-refractivity contribution >= 4 is 29.1 Å². The number of thioether (sulfide) groups is 1. The van der Waals surface area contributed by atoms with Gasteiger partial charge in [-0.3, -0.25) is 4.79 Å². The lowest BCUT2D eigenvalue weighted by Gasteiger charge is -2.18. The largest absolute Gasteiger partial charge is 0.507 e. The monoisotopic (exact) mass is 447 g/mol. The number of nitrogens with one attached hydrogen (secondary N) is 1. The van der Waals surface area contributed by atoms with Crippen molar-refractivity contribution < 1.29 is 19.4 Å². The van der Waals surface area contributed by atoms with Crippen molar-refractivity contribution in [3.05, 3.63) is 89.0 Å². The fourth-order valence-electron chi connectivity index (χ4n) is 3.66. The van der Waals surface area contributed by atoms with Crippen LogP contribution < -0.4 is 14.8 Å². The Bertz CT molecular complexity index is 1150. The second-order valence-electron chi connectivity index (χ2n) is 7.44. The molecule has 0 radical (unpaired) electrons. The first kappa shape index (κ1) is 21.8. The van der Waals surface area contributed by atoms with E-state index in [1.54, 1.807) is 26.0 Å². The van der Waals surface area contributed by atoms with Crippen molar-refractivity contribution in [1.82, 2.24) is 0 Å². The molecule has 1 heterocycles. The summed E-state index contributed by atoms with van der Waals surface area (Å²) in [5.74, 6) is 1.86. The van der Waals surface area contributed by atoms with Crippen LogP contribution in [0, 0.1) is 0 Å². The fourth-order valence-corrected chi connectivity index (χ4v) is 4.72. The SMILES string of the molecule is COc1ccc(OC)c(CCc2ccc(NC(=O)C3=C(O)c4ccccc4SC3)cc2)c1. The maximum Gasteiger partial charge on any atom is 0.256 e. The van der Waals surface area contributed by atoms with Gasteiger partial charge in [0.15, 0.2) is 0 Å². The van der Waals surface area contributed by atoms with E-state index in [1.807, 2.05) is 66.7 Å². The van der Waals surface area contributed by atoms with E-state index in [0.717, 1.165) is 40.4 Å². The van der Waals surface area contributed by atoms with E-state index in [0.29, 0.717) is 22.6 Å². The number of rotatable bonds is 7. The third kappa shape index (κ3) is 4.75. The molecule has 1 amide bonds. The molecule has 0 aromatic heterocycles. The first-order valence-corrected chi connectivity index (χ1v) is 11.3. The highest BCUT2D eigenvalue weighted by molar-refractivity contribution is 7.99. The van der Waals surface area contributed by atoms with Crippen molar-refractivity contribution in [2.75, 3.05) is 25.3 Å². The molecule has 0 atom stereocenters. The van der Waals surface area contributed by atoms with E-state index in [4.69, 9.17) is 9.47 Å². The van der Waals surface area contributed by atoms with Crippen LogP contribution in [0.1, 0.15) is 16.7 Å². The number of carbonyl (C=O) groups excluding carboxylic acids is 1. The van der Waals surface area contributed by atoms with Crippen LogP contribution in [0.25, 0.3) is 5.76 Å². The number of methoxy groups -OCH3 is 2. The van der Waals surface area contributed by atoms with Gasteiger partial charge < -0.3 is 19.9 Å². The number of aliphatic hydroxyl groups is 1. The summed E-state index contributed by atoms with van der Waals surface area (Å²) in [7, 11) is 3.32. The van der Waals surface area contributed by atoms with Crippen LogP contribution in [0.4, 0.5) is 5.69 Å². The predicted molar refractivity (Wildman–Crippen MR) is 129 cm³/mol. The molecule has 6 heteroatoms. The second kappa shape index (κ2) is 9.83. The smallest absolute Gasteiger partial charge is 0.256 e. The summed E-state index contributed by atoms with van der Waals surface area (Å²) in [5.41, 5.74) is 4.03. The van der Waals surface area contributed by atoms with Gasteiger partial charge in [0, 0.05) is 21.9 Å². The summed E-state index contributed by atoms with van der Waals surface area (Å²) in [5, 5.41) is 13.5. The highest BCUT2D eigenvalue weighted by Crippen LogP contribution is 2.36. The van der Waals surface area contributed by atoms with Gasteiger partial charge in [-0.15, -0.1) is 11.8 Å². The average molecular weight is 448 g/mol. The number of aryl methyl sites for hydroxylation is 2. The van der Waals surface area contributed by atoms with Gasteiger partial charge in [-0.25, -0.2) is 0 Å². The molecule has 0 aliphatic carbocycles. The maximum absolute atomic E-state index is 12.7. The lowest BCUT2D eigenvalue weighted by atomic mass is 10.0. The number of hydrogen-bond acceptors (Lipinski definition) is 5. The molecule has 3 aromatic carbocycles. The summed E-state index contributed by atoms with van der Waals surface area (Å²) in [6.45, 7) is 0. The van der Waals surface area contributed by atoms with Crippen molar-refractivity contribution in [2.45, 2.75) is 17.7 Å². The summed E-state index contributed by atoms with van der Waals surface area (Å²) >= 11 is 1.55. The second-order valence-corrected chi connectivity index (χ2v) is 8.46. The Morgan fingerprint density at radius 2 is 1.78 bits per heavy atom. The van der Waals surface area contributed by atoms with Gasteiger partial charge >= 0.3 is 0 Å². The summed E-state index contributed by atoms with van der Waals surface area (Å²) < 4.78 is 10.8. The maximum atomic E-state index is 12.7. The topological polar surface area (TPSA) is 67.8 Å². The Hall–Kier alpha value is -3.38. The minimum absolute atomic E-state index is 0.0562. The highest BCUT2D eigenvalue weighted by atomic mass is 32.2. The molecule has 4 rings (SSSR count). The van der Waals surface area contributed by atoms with Crippen LogP contribution in [0.15, 0.2) is 77.2 Å². The van der Waals surface area contributed by atoms with Crippen LogP contribution in [0.2, 0.25) is 0 Å². The van der Waals surface area contributed by atoms with Crippen molar-refractivity contribution in [3.8, 4) is 11.5 Å². The van der Waals surface area contributed by atoms with Crippen molar-refractivity contribution in [2.24, 2.45) is 0 Å². The Kier molecular flexibility index (Phi) is 6.71. The van der Waals surface area contributed by atoms with E-state index >= 15 is 0 Å². The van der Waals surface area contributed by atoms with Gasteiger partial charge in [-0.1, -0.05) is 30.3 Å². The van der Waals surface area contributed by atoms with Gasteiger partial charge in [0.1, 0.15) is 17.3 Å². The number of carbonyl (C=O) groups is 1. The summed E-state index contributed by atoms with van der Waals surface area (Å²) in [6, 6.07) is 21.1. The molecule has 164 valence electrons. The Morgan fingerprint density at radius 3 is 2.53 bits per heavy atom. The third-order valence-electron chi connectivity index (χ3n) is 5.46. The number of aliphatic hydroxyl groups excluding tert-OH is 1. The van der Waals surface area contributed by atoms with Gasteiger partial charge in [0.2, 0.25) is 0 Å². The molecule has 5 nitrogen and oxygen atoms in total. The normalized spacial score (nSPS) is 12.8. The summed E-state index contributed by atoms with van der Waals surface area (Å²) in [4.78, 5) is 13.7. The summed E-state index contributed by atoms with van der Waals surface area (Å²) in [6.07, 6.45) is 1.64. The van der Waals surface area contributed by atoms with Gasteiger partial charge in [0.05, 0.1) is 19.8 Å². The Labute approximate surface area is 192 Å². The highest BCUT2D eigenvalue weighted by Gasteiger charge is 2.23. The lowest BCUT2D eigenvalue weighted by molar-refractivity contribution is -0.112. The minimum Gasteiger partial charge on any atom is -0.507 e. The van der Waals surface area contributed by atoms with Gasteiger partial charge in [-0.05, 0) is 60.4 Å². The third-order valence-corrected chi connectivity index (χ3v) is 6.56. The Balaban J connectivity index is 1.41. The van der Waals surface area contributed by atoms with Gasteiger partial charge in [-0.2, -0.15) is 0 Å².